The number of nitrogens with zero attached hydrogens (tertiary/aromatic N) is 3. The summed E-state index contributed by atoms with van der Waals surface area (Å²) in [5.41, 5.74) is 1.16. The molecule has 2 fully saturated rings. The third kappa shape index (κ3) is 4.06. The van der Waals surface area contributed by atoms with Crippen molar-refractivity contribution >= 4 is 40.5 Å². The topological polar surface area (TPSA) is 102 Å². The summed E-state index contributed by atoms with van der Waals surface area (Å²) < 4.78 is 5.59. The molecule has 184 valence electrons. The van der Waals surface area contributed by atoms with Crippen molar-refractivity contribution in [2.75, 3.05) is 16.6 Å². The summed E-state index contributed by atoms with van der Waals surface area (Å²) in [7, 11) is 0. The minimum Gasteiger partial charge on any atom is -0.494 e. The zero-order valence-corrected chi connectivity index (χ0v) is 20.0. The van der Waals surface area contributed by atoms with Crippen molar-refractivity contribution in [1.82, 2.24) is 0 Å². The number of hydroxylamine groups is 1. The number of carbonyl (C=O) groups is 2. The molecule has 9 nitrogen and oxygen atoms in total. The summed E-state index contributed by atoms with van der Waals surface area (Å²) in [4.78, 5) is 45.3. The van der Waals surface area contributed by atoms with Crippen LogP contribution in [0.3, 0.4) is 0 Å². The molecule has 0 saturated carbocycles. The average Bonchev–Trinajstić information content (AvgIpc) is 3.39. The van der Waals surface area contributed by atoms with Gasteiger partial charge >= 0.3 is 0 Å². The number of para-hydroxylation sites is 1. The van der Waals surface area contributed by atoms with Crippen molar-refractivity contribution in [3.8, 4) is 5.75 Å². The lowest BCUT2D eigenvalue weighted by Gasteiger charge is -2.28. The molecule has 2 amide bonds. The Bertz CT molecular complexity index is 1320. The lowest BCUT2D eigenvalue weighted by molar-refractivity contribution is -0.384. The van der Waals surface area contributed by atoms with E-state index in [0.29, 0.717) is 29.3 Å². The van der Waals surface area contributed by atoms with Gasteiger partial charge in [0.15, 0.2) is 6.10 Å². The number of rotatable bonds is 7. The van der Waals surface area contributed by atoms with Crippen LogP contribution in [0.4, 0.5) is 17.1 Å². The summed E-state index contributed by atoms with van der Waals surface area (Å²) in [5, 5.41) is 13.0. The van der Waals surface area contributed by atoms with E-state index in [0.717, 1.165) is 11.3 Å². The Morgan fingerprint density at radius 3 is 2.39 bits per heavy atom. The van der Waals surface area contributed by atoms with Crippen LogP contribution in [0.2, 0.25) is 5.02 Å². The van der Waals surface area contributed by atoms with Gasteiger partial charge in [0, 0.05) is 6.07 Å². The molecule has 3 aromatic carbocycles. The number of hydrogen-bond donors (Lipinski definition) is 0. The third-order valence-electron chi connectivity index (χ3n) is 6.20. The number of benzene rings is 3. The molecule has 0 spiro atoms. The van der Waals surface area contributed by atoms with E-state index in [1.165, 1.54) is 17.2 Å². The number of halogens is 1. The van der Waals surface area contributed by atoms with E-state index in [1.807, 2.05) is 13.0 Å². The van der Waals surface area contributed by atoms with Gasteiger partial charge in [0.05, 0.1) is 28.9 Å². The Labute approximate surface area is 211 Å². The predicted molar refractivity (Wildman–Crippen MR) is 133 cm³/mol. The number of imide groups is 1. The first-order valence-corrected chi connectivity index (χ1v) is 11.8. The second-order valence-electron chi connectivity index (χ2n) is 8.48. The molecule has 0 N–H and O–H groups in total. The largest absolute Gasteiger partial charge is 0.494 e. The highest BCUT2D eigenvalue weighted by Gasteiger charge is 2.60. The normalized spacial score (nSPS) is 21.1. The Morgan fingerprint density at radius 1 is 1.00 bits per heavy atom. The molecule has 36 heavy (non-hydrogen) atoms. The molecule has 3 atom stereocenters. The van der Waals surface area contributed by atoms with Crippen molar-refractivity contribution in [2.24, 2.45) is 5.92 Å². The summed E-state index contributed by atoms with van der Waals surface area (Å²) >= 11 is 6.04. The van der Waals surface area contributed by atoms with E-state index < -0.39 is 34.8 Å². The first-order chi connectivity index (χ1) is 17.4. The molecule has 2 saturated heterocycles. The average molecular weight is 508 g/mol. The number of hydrogen-bond acceptors (Lipinski definition) is 7. The molecular formula is C26H22ClN3O6. The molecule has 2 aliphatic rings. The van der Waals surface area contributed by atoms with Crippen LogP contribution < -0.4 is 14.7 Å². The highest BCUT2D eigenvalue weighted by atomic mass is 35.5. The predicted octanol–water partition coefficient (Wildman–Crippen LogP) is 5.09. The highest BCUT2D eigenvalue weighted by Crippen LogP contribution is 2.48. The molecule has 2 aliphatic heterocycles. The lowest BCUT2D eigenvalue weighted by Crippen LogP contribution is -2.37. The number of ether oxygens (including phenoxy) is 1. The van der Waals surface area contributed by atoms with Crippen molar-refractivity contribution in [3.05, 3.63) is 93.5 Å². The smallest absolute Gasteiger partial charge is 0.288 e. The van der Waals surface area contributed by atoms with Crippen LogP contribution in [0, 0.1) is 16.0 Å². The van der Waals surface area contributed by atoms with Gasteiger partial charge in [-0.2, -0.15) is 0 Å². The molecular weight excluding hydrogens is 486 g/mol. The van der Waals surface area contributed by atoms with E-state index in [-0.39, 0.29) is 10.7 Å². The first-order valence-electron chi connectivity index (χ1n) is 11.5. The highest BCUT2D eigenvalue weighted by molar-refractivity contribution is 6.32. The van der Waals surface area contributed by atoms with E-state index in [1.54, 1.807) is 54.6 Å². The van der Waals surface area contributed by atoms with E-state index in [2.05, 4.69) is 0 Å². The summed E-state index contributed by atoms with van der Waals surface area (Å²) in [6.45, 7) is 2.56. The van der Waals surface area contributed by atoms with E-state index in [4.69, 9.17) is 21.2 Å². The van der Waals surface area contributed by atoms with Gasteiger partial charge in [0.25, 0.3) is 11.6 Å². The van der Waals surface area contributed by atoms with Crippen LogP contribution >= 0.6 is 11.6 Å². The monoisotopic (exact) mass is 507 g/mol. The Hall–Kier alpha value is -3.95. The molecule has 3 aromatic rings. The van der Waals surface area contributed by atoms with Gasteiger partial charge in [-0.15, -0.1) is 0 Å². The fourth-order valence-corrected chi connectivity index (χ4v) is 4.76. The number of carbonyl (C=O) groups excluding carboxylic acids is 2. The lowest BCUT2D eigenvalue weighted by atomic mass is 9.90. The van der Waals surface area contributed by atoms with Gasteiger partial charge in [-0.3, -0.25) is 24.5 Å². The molecule has 2 heterocycles. The molecule has 10 heteroatoms. The molecule has 0 unspecified atom stereocenters. The van der Waals surface area contributed by atoms with Crippen LogP contribution in [0.1, 0.15) is 24.9 Å². The van der Waals surface area contributed by atoms with Crippen LogP contribution in [-0.4, -0.2) is 29.4 Å². The Morgan fingerprint density at radius 2 is 1.72 bits per heavy atom. The van der Waals surface area contributed by atoms with E-state index >= 15 is 0 Å². The van der Waals surface area contributed by atoms with Gasteiger partial charge in [-0.25, -0.2) is 9.96 Å². The van der Waals surface area contributed by atoms with Crippen molar-refractivity contribution in [1.29, 1.82) is 0 Å². The first kappa shape index (κ1) is 23.8. The molecule has 0 bridgehead atoms. The van der Waals surface area contributed by atoms with Crippen molar-refractivity contribution < 1.29 is 24.1 Å². The fourth-order valence-electron chi connectivity index (χ4n) is 4.57. The quantitative estimate of drug-likeness (QED) is 0.249. The van der Waals surface area contributed by atoms with Gasteiger partial charge in [-0.1, -0.05) is 42.8 Å². The van der Waals surface area contributed by atoms with Gasteiger partial charge < -0.3 is 4.74 Å². The number of amides is 2. The zero-order valence-electron chi connectivity index (χ0n) is 19.2. The number of fused-ring (bicyclic) bond motifs is 1. The molecule has 5 rings (SSSR count). The number of anilines is 2. The third-order valence-corrected chi connectivity index (χ3v) is 6.52. The molecule has 0 aromatic heterocycles. The second kappa shape index (κ2) is 9.60. The summed E-state index contributed by atoms with van der Waals surface area (Å²) in [6, 6.07) is 19.3. The van der Waals surface area contributed by atoms with Crippen LogP contribution in [0.15, 0.2) is 72.8 Å². The number of nitro groups is 1. The van der Waals surface area contributed by atoms with Gasteiger partial charge in [0.2, 0.25) is 5.91 Å². The van der Waals surface area contributed by atoms with Crippen LogP contribution in [0.25, 0.3) is 0 Å². The maximum atomic E-state index is 13.7. The van der Waals surface area contributed by atoms with Crippen molar-refractivity contribution in [2.45, 2.75) is 25.5 Å². The maximum Gasteiger partial charge on any atom is 0.288 e. The molecule has 0 aliphatic carbocycles. The minimum absolute atomic E-state index is 0.0219. The fraction of sp³-hybridized carbons (Fsp3) is 0.231. The van der Waals surface area contributed by atoms with Gasteiger partial charge in [0.1, 0.15) is 16.7 Å². The van der Waals surface area contributed by atoms with Crippen LogP contribution in [0.5, 0.6) is 5.75 Å². The zero-order chi connectivity index (χ0) is 25.4. The standard InChI is InChI=1S/C26H22ClN3O6/c1-2-14-35-19-11-9-17(10-12-19)28-25(31)22-23(16-8-13-20(27)21(15-16)30(33)34)29(36-24(22)26(28)32)18-6-4-3-5-7-18/h3-13,15,22-24H,2,14H2,1H3/t22-,23+,24+/m1/s1. The van der Waals surface area contributed by atoms with Gasteiger partial charge in [-0.05, 0) is 54.4 Å². The molecule has 0 radical (unpaired) electrons. The SMILES string of the molecule is CCCOc1ccc(N2C(=O)[C@H]3[C@H](ON(c4ccccc4)[C@H]3c3ccc(Cl)c([N+](=O)[O-])c3)C2=O)cc1. The maximum absolute atomic E-state index is 13.7. The Balaban J connectivity index is 1.54. The van der Waals surface area contributed by atoms with Crippen molar-refractivity contribution in [3.63, 3.8) is 0 Å². The Kier molecular flexibility index (Phi) is 6.34. The summed E-state index contributed by atoms with van der Waals surface area (Å²) in [5.74, 6) is -1.24. The minimum atomic E-state index is -1.09. The second-order valence-corrected chi connectivity index (χ2v) is 8.89. The summed E-state index contributed by atoms with van der Waals surface area (Å²) in [6.07, 6.45) is -0.235. The van der Waals surface area contributed by atoms with E-state index in [9.17, 15) is 19.7 Å². The van der Waals surface area contributed by atoms with Crippen LogP contribution in [-0.2, 0) is 14.4 Å². The number of nitro benzene ring substituents is 1.